The van der Waals surface area contributed by atoms with E-state index < -0.39 is 29.5 Å². The number of esters is 2. The highest BCUT2D eigenvalue weighted by Gasteiger charge is 2.56. The summed E-state index contributed by atoms with van der Waals surface area (Å²) >= 11 is 0. The van der Waals surface area contributed by atoms with Crippen molar-refractivity contribution in [3.8, 4) is 0 Å². The van der Waals surface area contributed by atoms with Crippen LogP contribution < -0.4 is 0 Å². The highest BCUT2D eigenvalue weighted by atomic mass is 28.4. The number of hydrogen-bond acceptors (Lipinski definition) is 10. The molecule has 0 aromatic rings. The zero-order valence-electron chi connectivity index (χ0n) is 21.9. The second kappa shape index (κ2) is 18.0. The van der Waals surface area contributed by atoms with E-state index in [9.17, 15) is 9.59 Å². The summed E-state index contributed by atoms with van der Waals surface area (Å²) in [5, 5.41) is 0.988. The molecule has 0 heterocycles. The molecule has 34 heavy (non-hydrogen) atoms. The van der Waals surface area contributed by atoms with Gasteiger partial charge in [-0.3, -0.25) is 9.59 Å². The minimum absolute atomic E-state index is 0.0631. The van der Waals surface area contributed by atoms with Crippen molar-refractivity contribution >= 4 is 29.5 Å². The van der Waals surface area contributed by atoms with Crippen LogP contribution in [-0.2, 0) is 45.6 Å². The first kappa shape index (κ1) is 32.6. The van der Waals surface area contributed by atoms with Gasteiger partial charge < -0.3 is 36.0 Å². The van der Waals surface area contributed by atoms with Crippen LogP contribution in [0.1, 0.15) is 55.4 Å². The molecule has 0 bridgehead atoms. The standard InChI is InChI=1S/C22H42O10Si2/c1-9-27-33(28-10-2,29-11-3)21(15-17-25-19(7)23)22(16-18-26-20(8)24)34(30-12-4,31-13-5)32-14-6/h15-16H,9-14,17-18H2,1-8H3/b21-15-,22-16-. The van der Waals surface area contributed by atoms with E-state index in [0.29, 0.717) is 50.0 Å². The third kappa shape index (κ3) is 10.5. The van der Waals surface area contributed by atoms with E-state index in [1.165, 1.54) is 13.8 Å². The molecular weight excluding hydrogens is 480 g/mol. The second-order valence-corrected chi connectivity index (χ2v) is 11.6. The van der Waals surface area contributed by atoms with Crippen LogP contribution in [0.2, 0.25) is 0 Å². The Morgan fingerprint density at radius 3 is 0.941 bits per heavy atom. The van der Waals surface area contributed by atoms with E-state index in [4.69, 9.17) is 36.0 Å². The van der Waals surface area contributed by atoms with Crippen molar-refractivity contribution in [2.45, 2.75) is 55.4 Å². The first-order valence-electron chi connectivity index (χ1n) is 11.7. The lowest BCUT2D eigenvalue weighted by molar-refractivity contribution is -0.140. The molecule has 0 unspecified atom stereocenters. The van der Waals surface area contributed by atoms with Crippen molar-refractivity contribution in [3.63, 3.8) is 0 Å². The first-order chi connectivity index (χ1) is 16.2. The van der Waals surface area contributed by atoms with Gasteiger partial charge in [-0.2, -0.15) is 0 Å². The summed E-state index contributed by atoms with van der Waals surface area (Å²) in [5.41, 5.74) is 0. The average molecular weight is 523 g/mol. The molecule has 0 aliphatic rings. The minimum Gasteiger partial charge on any atom is -0.462 e. The molecular formula is C22H42O10Si2. The van der Waals surface area contributed by atoms with Gasteiger partial charge in [0.15, 0.2) is 0 Å². The monoisotopic (exact) mass is 522 g/mol. The van der Waals surface area contributed by atoms with Gasteiger partial charge in [0, 0.05) is 63.9 Å². The van der Waals surface area contributed by atoms with Crippen molar-refractivity contribution in [2.24, 2.45) is 0 Å². The van der Waals surface area contributed by atoms with Gasteiger partial charge in [0.05, 0.1) is 0 Å². The van der Waals surface area contributed by atoms with Gasteiger partial charge in [-0.25, -0.2) is 0 Å². The second-order valence-electron chi connectivity index (χ2n) is 6.55. The van der Waals surface area contributed by atoms with Crippen molar-refractivity contribution < 1.29 is 45.6 Å². The number of carbonyl (C=O) groups is 2. The number of hydrogen-bond donors (Lipinski definition) is 0. The summed E-state index contributed by atoms with van der Waals surface area (Å²) < 4.78 is 47.4. The van der Waals surface area contributed by atoms with E-state index >= 15 is 0 Å². The lowest BCUT2D eigenvalue weighted by Gasteiger charge is -2.37. The highest BCUT2D eigenvalue weighted by molar-refractivity contribution is 6.79. The predicted octanol–water partition coefficient (Wildman–Crippen LogP) is 3.14. The zero-order valence-corrected chi connectivity index (χ0v) is 23.9. The molecule has 0 rings (SSSR count). The van der Waals surface area contributed by atoms with Gasteiger partial charge in [-0.1, -0.05) is 0 Å². The van der Waals surface area contributed by atoms with E-state index in [1.807, 2.05) is 41.5 Å². The molecule has 0 radical (unpaired) electrons. The summed E-state index contributed by atoms with van der Waals surface area (Å²) in [6.07, 6.45) is 3.35. The van der Waals surface area contributed by atoms with E-state index in [-0.39, 0.29) is 13.2 Å². The molecule has 0 fully saturated rings. The Morgan fingerprint density at radius 1 is 0.529 bits per heavy atom. The van der Waals surface area contributed by atoms with Crippen LogP contribution in [0, 0.1) is 0 Å². The largest absolute Gasteiger partial charge is 0.537 e. The molecule has 0 atom stereocenters. The fourth-order valence-electron chi connectivity index (χ4n) is 3.14. The smallest absolute Gasteiger partial charge is 0.462 e. The maximum atomic E-state index is 11.5. The Hall–Kier alpha value is -1.39. The topological polar surface area (TPSA) is 108 Å². The molecule has 0 aliphatic carbocycles. The van der Waals surface area contributed by atoms with Crippen LogP contribution in [0.3, 0.4) is 0 Å². The van der Waals surface area contributed by atoms with Crippen molar-refractivity contribution in [3.05, 3.63) is 22.5 Å². The SMILES string of the molecule is CCO[Si](OCC)(OCC)C(=C\COC(C)=O)/C(=C/COC(C)=O)[Si](OCC)(OCC)OCC. The molecule has 0 aromatic heterocycles. The molecule has 0 amide bonds. The third-order valence-corrected chi connectivity index (χ3v) is 10.6. The van der Waals surface area contributed by atoms with E-state index in [0.717, 1.165) is 0 Å². The lowest BCUT2D eigenvalue weighted by Crippen LogP contribution is -2.56. The van der Waals surface area contributed by atoms with Crippen molar-refractivity contribution in [2.75, 3.05) is 52.9 Å². The van der Waals surface area contributed by atoms with Crippen LogP contribution in [-0.4, -0.2) is 82.4 Å². The minimum atomic E-state index is -3.58. The lowest BCUT2D eigenvalue weighted by atomic mass is 10.4. The summed E-state index contributed by atoms with van der Waals surface area (Å²) in [6, 6.07) is 0. The number of allylic oxidation sites excluding steroid dienone is 2. The van der Waals surface area contributed by atoms with Crippen molar-refractivity contribution in [1.82, 2.24) is 0 Å². The number of rotatable bonds is 19. The zero-order chi connectivity index (χ0) is 26.0. The fraction of sp³-hybridized carbons (Fsp3) is 0.727. The van der Waals surface area contributed by atoms with Gasteiger partial charge in [0.2, 0.25) is 0 Å². The normalized spacial score (nSPS) is 13.2. The molecule has 10 nitrogen and oxygen atoms in total. The van der Waals surface area contributed by atoms with Crippen LogP contribution >= 0.6 is 0 Å². The molecule has 0 aromatic carbocycles. The molecule has 0 N–H and O–H groups in total. The molecule has 12 heteroatoms. The Balaban J connectivity index is 7.17. The Morgan fingerprint density at radius 2 is 0.765 bits per heavy atom. The van der Waals surface area contributed by atoms with Crippen LogP contribution in [0.4, 0.5) is 0 Å². The summed E-state index contributed by atoms with van der Waals surface area (Å²) in [4.78, 5) is 23.0. The van der Waals surface area contributed by atoms with Gasteiger partial charge in [-0.15, -0.1) is 0 Å². The van der Waals surface area contributed by atoms with Crippen LogP contribution in [0.15, 0.2) is 22.5 Å². The van der Waals surface area contributed by atoms with E-state index in [1.54, 1.807) is 12.2 Å². The molecule has 0 saturated carbocycles. The number of carbonyl (C=O) groups excluding carboxylic acids is 2. The Labute approximate surface area is 206 Å². The molecule has 0 aliphatic heterocycles. The third-order valence-electron chi connectivity index (χ3n) is 4.10. The maximum absolute atomic E-state index is 11.5. The van der Waals surface area contributed by atoms with E-state index in [2.05, 4.69) is 0 Å². The Kier molecular flexibility index (Phi) is 17.2. The van der Waals surface area contributed by atoms with Crippen molar-refractivity contribution in [1.29, 1.82) is 0 Å². The predicted molar refractivity (Wildman–Crippen MR) is 131 cm³/mol. The molecule has 0 spiro atoms. The summed E-state index contributed by atoms with van der Waals surface area (Å²) in [6.45, 7) is 15.4. The van der Waals surface area contributed by atoms with Crippen LogP contribution in [0.5, 0.6) is 0 Å². The van der Waals surface area contributed by atoms with Gasteiger partial charge in [0.1, 0.15) is 13.2 Å². The van der Waals surface area contributed by atoms with Gasteiger partial charge in [0.25, 0.3) is 0 Å². The Bertz CT molecular complexity index is 576. The molecule has 198 valence electrons. The average Bonchev–Trinajstić information content (AvgIpc) is 2.75. The van der Waals surface area contributed by atoms with Gasteiger partial charge >= 0.3 is 29.5 Å². The fourth-order valence-corrected chi connectivity index (χ4v) is 9.30. The quantitative estimate of drug-likeness (QED) is 0.143. The maximum Gasteiger partial charge on any atom is 0.537 e. The summed E-state index contributed by atoms with van der Waals surface area (Å²) in [5.74, 6) is -0.888. The summed E-state index contributed by atoms with van der Waals surface area (Å²) in [7, 11) is -7.16. The highest BCUT2D eigenvalue weighted by Crippen LogP contribution is 2.34. The van der Waals surface area contributed by atoms with Crippen LogP contribution in [0.25, 0.3) is 0 Å². The van der Waals surface area contributed by atoms with Gasteiger partial charge in [-0.05, 0) is 53.7 Å². The molecule has 0 saturated heterocycles. The number of ether oxygens (including phenoxy) is 2. The first-order valence-corrected chi connectivity index (χ1v) is 15.2.